The summed E-state index contributed by atoms with van der Waals surface area (Å²) in [5.41, 5.74) is 0.0987. The number of nitrogens with zero attached hydrogens (tertiary/aromatic N) is 2. The van der Waals surface area contributed by atoms with Crippen LogP contribution in [0.3, 0.4) is 0 Å². The molecule has 2 saturated heterocycles. The minimum Gasteiger partial charge on any atom is -0.212 e. The fourth-order valence-electron chi connectivity index (χ4n) is 3.85. The zero-order valence-corrected chi connectivity index (χ0v) is 14.8. The lowest BCUT2D eigenvalue weighted by molar-refractivity contribution is 0.221. The molecule has 130 valence electrons. The van der Waals surface area contributed by atoms with Crippen molar-refractivity contribution in [1.82, 2.24) is 9.03 Å². The normalized spacial score (nSPS) is 27.8. The standard InChI is InChI=1S/C15H19N3O4S2/c1-23(19,20)18-13-6-7-14(18)9-12(8-13)17-24(21,22)15-5-3-2-4-11(15)10-16/h2-5,12-14,17H,6-9H2,1H3. The van der Waals surface area contributed by atoms with Gasteiger partial charge in [-0.1, -0.05) is 12.1 Å². The van der Waals surface area contributed by atoms with Gasteiger partial charge in [0.2, 0.25) is 20.0 Å². The van der Waals surface area contributed by atoms with Gasteiger partial charge in [0, 0.05) is 18.1 Å². The zero-order valence-electron chi connectivity index (χ0n) is 13.2. The Bertz CT molecular complexity index is 876. The van der Waals surface area contributed by atoms with Gasteiger partial charge in [-0.15, -0.1) is 0 Å². The van der Waals surface area contributed by atoms with E-state index in [0.29, 0.717) is 12.8 Å². The molecule has 0 saturated carbocycles. The van der Waals surface area contributed by atoms with Gasteiger partial charge in [-0.05, 0) is 37.8 Å². The average molecular weight is 369 g/mol. The molecule has 9 heteroatoms. The van der Waals surface area contributed by atoms with Crippen molar-refractivity contribution in [2.75, 3.05) is 6.26 Å². The summed E-state index contributed by atoms with van der Waals surface area (Å²) in [7, 11) is -7.09. The maximum Gasteiger partial charge on any atom is 0.242 e. The van der Waals surface area contributed by atoms with Crippen molar-refractivity contribution in [3.05, 3.63) is 29.8 Å². The van der Waals surface area contributed by atoms with Crippen LogP contribution < -0.4 is 4.72 Å². The van der Waals surface area contributed by atoms with Crippen molar-refractivity contribution >= 4 is 20.0 Å². The average Bonchev–Trinajstić information content (AvgIpc) is 2.79. The van der Waals surface area contributed by atoms with E-state index in [9.17, 15) is 16.8 Å². The number of nitriles is 1. The van der Waals surface area contributed by atoms with E-state index < -0.39 is 20.0 Å². The van der Waals surface area contributed by atoms with Crippen LogP contribution in [0.2, 0.25) is 0 Å². The molecular formula is C15H19N3O4S2. The Kier molecular flexibility index (Phi) is 4.42. The number of rotatable bonds is 4. The molecule has 0 amide bonds. The molecule has 3 rings (SSSR count). The number of nitrogens with one attached hydrogen (secondary N) is 1. The molecule has 2 bridgehead atoms. The first-order valence-electron chi connectivity index (χ1n) is 7.72. The van der Waals surface area contributed by atoms with Gasteiger partial charge in [0.25, 0.3) is 0 Å². The monoisotopic (exact) mass is 369 g/mol. The van der Waals surface area contributed by atoms with E-state index in [1.165, 1.54) is 22.7 Å². The molecule has 2 atom stereocenters. The number of piperidine rings is 1. The lowest BCUT2D eigenvalue weighted by atomic mass is 10.0. The molecule has 2 unspecified atom stereocenters. The summed E-state index contributed by atoms with van der Waals surface area (Å²) < 4.78 is 53.2. The van der Waals surface area contributed by atoms with Crippen LogP contribution in [0.25, 0.3) is 0 Å². The smallest absolute Gasteiger partial charge is 0.212 e. The summed E-state index contributed by atoms with van der Waals surface area (Å²) in [5.74, 6) is 0. The third-order valence-corrected chi connectivity index (χ3v) is 7.61. The van der Waals surface area contributed by atoms with Crippen LogP contribution in [0.4, 0.5) is 0 Å². The quantitative estimate of drug-likeness (QED) is 0.844. The van der Waals surface area contributed by atoms with Crippen LogP contribution in [0.15, 0.2) is 29.2 Å². The molecule has 1 aromatic carbocycles. The molecule has 1 N–H and O–H groups in total. The summed E-state index contributed by atoms with van der Waals surface area (Å²) >= 11 is 0. The van der Waals surface area contributed by atoms with Gasteiger partial charge in [-0.2, -0.15) is 9.57 Å². The predicted octanol–water partition coefficient (Wildman–Crippen LogP) is 0.792. The van der Waals surface area contributed by atoms with E-state index in [4.69, 9.17) is 5.26 Å². The molecule has 0 aliphatic carbocycles. The molecule has 2 aliphatic rings. The topological polar surface area (TPSA) is 107 Å². The van der Waals surface area contributed by atoms with E-state index in [1.807, 2.05) is 6.07 Å². The van der Waals surface area contributed by atoms with Gasteiger partial charge in [-0.3, -0.25) is 0 Å². The Labute approximate surface area is 142 Å². The fraction of sp³-hybridized carbons (Fsp3) is 0.533. The van der Waals surface area contributed by atoms with Crippen LogP contribution in [0.5, 0.6) is 0 Å². The van der Waals surface area contributed by atoms with Crippen LogP contribution in [0, 0.1) is 11.3 Å². The highest BCUT2D eigenvalue weighted by Crippen LogP contribution is 2.37. The summed E-state index contributed by atoms with van der Waals surface area (Å²) in [6.07, 6.45) is 3.62. The highest BCUT2D eigenvalue weighted by molar-refractivity contribution is 7.89. The first-order valence-corrected chi connectivity index (χ1v) is 11.1. The van der Waals surface area contributed by atoms with Crippen LogP contribution >= 0.6 is 0 Å². The Morgan fingerprint density at radius 3 is 2.25 bits per heavy atom. The molecule has 2 fully saturated rings. The van der Waals surface area contributed by atoms with Gasteiger partial charge in [-0.25, -0.2) is 21.6 Å². The van der Waals surface area contributed by atoms with E-state index in [0.717, 1.165) is 12.8 Å². The molecule has 0 radical (unpaired) electrons. The van der Waals surface area contributed by atoms with Crippen molar-refractivity contribution in [3.8, 4) is 6.07 Å². The van der Waals surface area contributed by atoms with E-state index in [2.05, 4.69) is 4.72 Å². The van der Waals surface area contributed by atoms with Crippen LogP contribution in [-0.4, -0.2) is 45.5 Å². The molecular weight excluding hydrogens is 350 g/mol. The second-order valence-electron chi connectivity index (χ2n) is 6.38. The minimum absolute atomic E-state index is 0.0367. The lowest BCUT2D eigenvalue weighted by Crippen LogP contribution is -2.52. The second-order valence-corrected chi connectivity index (χ2v) is 9.95. The molecule has 0 spiro atoms. The van der Waals surface area contributed by atoms with Crippen molar-refractivity contribution in [2.24, 2.45) is 0 Å². The Balaban J connectivity index is 1.80. The van der Waals surface area contributed by atoms with E-state index in [1.54, 1.807) is 12.1 Å². The number of sulfonamides is 2. The Morgan fingerprint density at radius 1 is 1.12 bits per heavy atom. The third-order valence-electron chi connectivity index (χ3n) is 4.67. The Hall–Kier alpha value is -1.47. The predicted molar refractivity (Wildman–Crippen MR) is 88.0 cm³/mol. The highest BCUT2D eigenvalue weighted by atomic mass is 32.2. The van der Waals surface area contributed by atoms with Gasteiger partial charge in [0.15, 0.2) is 0 Å². The number of benzene rings is 1. The largest absolute Gasteiger partial charge is 0.242 e. The molecule has 0 aromatic heterocycles. The first kappa shape index (κ1) is 17.4. The fourth-order valence-corrected chi connectivity index (χ4v) is 6.73. The second kappa shape index (κ2) is 6.11. The third kappa shape index (κ3) is 3.19. The summed E-state index contributed by atoms with van der Waals surface area (Å²) in [5, 5.41) is 9.09. The van der Waals surface area contributed by atoms with Crippen molar-refractivity contribution in [2.45, 2.75) is 48.7 Å². The summed E-state index contributed by atoms with van der Waals surface area (Å²) in [6, 6.07) is 7.31. The number of hydrogen-bond acceptors (Lipinski definition) is 5. The summed E-state index contributed by atoms with van der Waals surface area (Å²) in [6.45, 7) is 0. The SMILES string of the molecule is CS(=O)(=O)N1C2CCC1CC(NS(=O)(=O)c1ccccc1C#N)C2. The molecule has 7 nitrogen and oxygen atoms in total. The lowest BCUT2D eigenvalue weighted by Gasteiger charge is -2.37. The van der Waals surface area contributed by atoms with Gasteiger partial charge < -0.3 is 0 Å². The van der Waals surface area contributed by atoms with Crippen molar-refractivity contribution in [1.29, 1.82) is 5.26 Å². The number of fused-ring (bicyclic) bond motifs is 2. The molecule has 2 heterocycles. The van der Waals surface area contributed by atoms with Crippen LogP contribution in [0.1, 0.15) is 31.2 Å². The van der Waals surface area contributed by atoms with Gasteiger partial charge in [0.1, 0.15) is 6.07 Å². The van der Waals surface area contributed by atoms with Gasteiger partial charge in [0.05, 0.1) is 16.7 Å². The minimum atomic E-state index is -3.82. The summed E-state index contributed by atoms with van der Waals surface area (Å²) in [4.78, 5) is -0.0367. The number of hydrogen-bond donors (Lipinski definition) is 1. The van der Waals surface area contributed by atoms with E-state index >= 15 is 0 Å². The van der Waals surface area contributed by atoms with Crippen molar-refractivity contribution in [3.63, 3.8) is 0 Å². The zero-order chi connectivity index (χ0) is 17.5. The highest BCUT2D eigenvalue weighted by Gasteiger charge is 2.46. The van der Waals surface area contributed by atoms with E-state index in [-0.39, 0.29) is 28.6 Å². The van der Waals surface area contributed by atoms with Crippen molar-refractivity contribution < 1.29 is 16.8 Å². The Morgan fingerprint density at radius 2 is 1.71 bits per heavy atom. The first-order chi connectivity index (χ1) is 11.2. The molecule has 2 aliphatic heterocycles. The maximum absolute atomic E-state index is 12.6. The maximum atomic E-state index is 12.6. The van der Waals surface area contributed by atoms with Gasteiger partial charge >= 0.3 is 0 Å². The molecule has 1 aromatic rings. The van der Waals surface area contributed by atoms with Crippen LogP contribution in [-0.2, 0) is 20.0 Å². The molecule has 24 heavy (non-hydrogen) atoms.